The predicted molar refractivity (Wildman–Crippen MR) is 164 cm³/mol. The second kappa shape index (κ2) is 11.2. The van der Waals surface area contributed by atoms with Gasteiger partial charge in [0.1, 0.15) is 0 Å². The molecule has 2 N–H and O–H groups in total. The summed E-state index contributed by atoms with van der Waals surface area (Å²) >= 11 is 18.4. The highest BCUT2D eigenvalue weighted by molar-refractivity contribution is 6.31. The molecule has 6 rings (SSSR count). The molecule has 0 radical (unpaired) electrons. The Labute approximate surface area is 242 Å². The molecule has 0 bridgehead atoms. The topological polar surface area (TPSA) is 43.9 Å². The molecule has 3 aromatic carbocycles. The number of H-pyrrole nitrogens is 2. The van der Waals surface area contributed by atoms with Gasteiger partial charge < -0.3 is 9.97 Å². The van der Waals surface area contributed by atoms with Crippen molar-refractivity contribution in [1.82, 2.24) is 9.97 Å². The number of aromatic amines is 2. The standard InChI is InChI=1S/C33H24Cl3N3/c34-25-9-3-21(4-10-25)16-24-18-28(17-22-5-11-26(35)12-6-22)38-31(24)20-32-29(23-7-13-27(36)14-8-23)19-33(39-32)30-2-1-15-37-30/h1-15,18-20,37-38H,16-17H2. The molecule has 1 aliphatic rings. The van der Waals surface area contributed by atoms with Gasteiger partial charge >= 0.3 is 0 Å². The fourth-order valence-corrected chi connectivity index (χ4v) is 5.14. The lowest BCUT2D eigenvalue weighted by atomic mass is 10.0. The molecular formula is C33H24Cl3N3. The van der Waals surface area contributed by atoms with Gasteiger partial charge in [-0.15, -0.1) is 0 Å². The van der Waals surface area contributed by atoms with Crippen molar-refractivity contribution in [2.24, 2.45) is 4.99 Å². The van der Waals surface area contributed by atoms with Crippen LogP contribution >= 0.6 is 34.8 Å². The fourth-order valence-electron chi connectivity index (χ4n) is 4.76. The summed E-state index contributed by atoms with van der Waals surface area (Å²) in [7, 11) is 0. The molecule has 39 heavy (non-hydrogen) atoms. The highest BCUT2D eigenvalue weighted by Gasteiger charge is 2.19. The average molecular weight is 569 g/mol. The van der Waals surface area contributed by atoms with E-state index in [1.54, 1.807) is 0 Å². The Balaban J connectivity index is 1.42. The summed E-state index contributed by atoms with van der Waals surface area (Å²) in [6, 6.07) is 30.1. The molecule has 3 heterocycles. The summed E-state index contributed by atoms with van der Waals surface area (Å²) in [4.78, 5) is 12.0. The van der Waals surface area contributed by atoms with Crippen LogP contribution in [0.5, 0.6) is 0 Å². The van der Waals surface area contributed by atoms with Crippen LogP contribution in [0.3, 0.4) is 0 Å². The Morgan fingerprint density at radius 1 is 0.718 bits per heavy atom. The van der Waals surface area contributed by atoms with Gasteiger partial charge in [-0.3, -0.25) is 0 Å². The summed E-state index contributed by atoms with van der Waals surface area (Å²) < 4.78 is 0. The lowest BCUT2D eigenvalue weighted by Crippen LogP contribution is -1.93. The number of hydrogen-bond acceptors (Lipinski definition) is 1. The van der Waals surface area contributed by atoms with E-state index in [9.17, 15) is 0 Å². The Kier molecular flexibility index (Phi) is 7.30. The number of rotatable bonds is 7. The van der Waals surface area contributed by atoms with Crippen molar-refractivity contribution in [3.05, 3.63) is 163 Å². The first-order chi connectivity index (χ1) is 19.0. The number of allylic oxidation sites excluding steroid dienone is 2. The highest BCUT2D eigenvalue weighted by Crippen LogP contribution is 2.34. The van der Waals surface area contributed by atoms with Gasteiger partial charge in [0.25, 0.3) is 0 Å². The normalized spacial score (nSPS) is 14.1. The first-order valence-electron chi connectivity index (χ1n) is 12.6. The summed E-state index contributed by atoms with van der Waals surface area (Å²) in [6.45, 7) is 0. The molecular weight excluding hydrogens is 545 g/mol. The van der Waals surface area contributed by atoms with Crippen LogP contribution in [0.4, 0.5) is 0 Å². The number of nitrogens with one attached hydrogen (secondary N) is 2. The number of aromatic nitrogens is 2. The molecule has 0 atom stereocenters. The average Bonchev–Trinajstić information content (AvgIpc) is 3.69. The van der Waals surface area contributed by atoms with E-state index in [4.69, 9.17) is 39.8 Å². The first-order valence-corrected chi connectivity index (χ1v) is 13.8. The SMILES string of the molecule is Clc1ccc(Cc2cc(Cc3ccc(Cl)cc3)c(C=C3N=C(c4ccc[nH]4)C=C3c3ccc(Cl)cc3)[nH]2)cc1. The maximum atomic E-state index is 6.19. The predicted octanol–water partition coefficient (Wildman–Crippen LogP) is 9.41. The second-order valence-corrected chi connectivity index (χ2v) is 10.8. The first kappa shape index (κ1) is 25.5. The Morgan fingerprint density at radius 3 is 1.95 bits per heavy atom. The van der Waals surface area contributed by atoms with Crippen LogP contribution in [0, 0.1) is 0 Å². The number of nitrogens with zero attached hydrogens (tertiary/aromatic N) is 1. The zero-order chi connectivity index (χ0) is 26.8. The third-order valence-corrected chi connectivity index (χ3v) is 7.47. The van der Waals surface area contributed by atoms with Gasteiger partial charge in [-0.05, 0) is 95.4 Å². The van der Waals surface area contributed by atoms with Crippen LogP contribution in [0.1, 0.15) is 39.3 Å². The summed E-state index contributed by atoms with van der Waals surface area (Å²) in [6.07, 6.45) is 7.71. The Morgan fingerprint density at radius 2 is 1.33 bits per heavy atom. The van der Waals surface area contributed by atoms with Crippen molar-refractivity contribution in [1.29, 1.82) is 0 Å². The fraction of sp³-hybridized carbons (Fsp3) is 0.0606. The largest absolute Gasteiger partial charge is 0.360 e. The van der Waals surface area contributed by atoms with Crippen LogP contribution in [0.2, 0.25) is 15.1 Å². The third-order valence-electron chi connectivity index (χ3n) is 6.71. The van der Waals surface area contributed by atoms with Gasteiger partial charge in [0.05, 0.1) is 17.1 Å². The van der Waals surface area contributed by atoms with Gasteiger partial charge in [-0.2, -0.15) is 0 Å². The van der Waals surface area contributed by atoms with Gasteiger partial charge in [0.15, 0.2) is 0 Å². The van der Waals surface area contributed by atoms with Crippen molar-refractivity contribution < 1.29 is 0 Å². The Bertz CT molecular complexity index is 1690. The molecule has 3 nitrogen and oxygen atoms in total. The van der Waals surface area contributed by atoms with Crippen molar-refractivity contribution in [2.45, 2.75) is 12.8 Å². The lowest BCUT2D eigenvalue weighted by molar-refractivity contribution is 1.10. The molecule has 0 aliphatic carbocycles. The van der Waals surface area contributed by atoms with E-state index in [2.05, 4.69) is 52.5 Å². The summed E-state index contributed by atoms with van der Waals surface area (Å²) in [5, 5.41) is 2.17. The molecule has 192 valence electrons. The summed E-state index contributed by atoms with van der Waals surface area (Å²) in [5.74, 6) is 0. The number of hydrogen-bond donors (Lipinski definition) is 2. The van der Waals surface area contributed by atoms with E-state index in [1.165, 1.54) is 16.7 Å². The van der Waals surface area contributed by atoms with Crippen molar-refractivity contribution in [3.8, 4) is 0 Å². The van der Waals surface area contributed by atoms with Gasteiger partial charge in [-0.25, -0.2) is 4.99 Å². The second-order valence-electron chi connectivity index (χ2n) is 9.52. The molecule has 2 aromatic heterocycles. The number of benzene rings is 3. The monoisotopic (exact) mass is 567 g/mol. The van der Waals surface area contributed by atoms with E-state index < -0.39 is 0 Å². The molecule has 0 saturated heterocycles. The number of halogens is 3. The Hall–Kier alpha value is -3.76. The van der Waals surface area contributed by atoms with E-state index in [0.717, 1.165) is 62.5 Å². The maximum absolute atomic E-state index is 6.19. The molecule has 5 aromatic rings. The van der Waals surface area contributed by atoms with Crippen molar-refractivity contribution in [2.75, 3.05) is 0 Å². The molecule has 0 spiro atoms. The highest BCUT2D eigenvalue weighted by atomic mass is 35.5. The number of aliphatic imine (C=N–C) groups is 1. The van der Waals surface area contributed by atoms with Crippen LogP contribution < -0.4 is 0 Å². The minimum absolute atomic E-state index is 0.704. The quantitative estimate of drug-likeness (QED) is 0.196. The molecule has 1 aliphatic heterocycles. The van der Waals surface area contributed by atoms with Gasteiger partial charge in [0.2, 0.25) is 0 Å². The van der Waals surface area contributed by atoms with Crippen LogP contribution in [-0.4, -0.2) is 15.7 Å². The molecule has 0 amide bonds. The zero-order valence-corrected chi connectivity index (χ0v) is 23.2. The third kappa shape index (κ3) is 5.97. The lowest BCUT2D eigenvalue weighted by Gasteiger charge is -2.06. The van der Waals surface area contributed by atoms with E-state index in [1.807, 2.05) is 66.9 Å². The van der Waals surface area contributed by atoms with E-state index >= 15 is 0 Å². The summed E-state index contributed by atoms with van der Waals surface area (Å²) in [5.41, 5.74) is 10.6. The van der Waals surface area contributed by atoms with Crippen LogP contribution in [0.25, 0.3) is 11.6 Å². The minimum Gasteiger partial charge on any atom is -0.360 e. The minimum atomic E-state index is 0.704. The van der Waals surface area contributed by atoms with Crippen molar-refractivity contribution in [3.63, 3.8) is 0 Å². The molecule has 0 saturated carbocycles. The zero-order valence-electron chi connectivity index (χ0n) is 20.9. The smallest absolute Gasteiger partial charge is 0.0878 e. The van der Waals surface area contributed by atoms with E-state index in [-0.39, 0.29) is 0 Å². The van der Waals surface area contributed by atoms with Crippen LogP contribution in [0.15, 0.2) is 114 Å². The molecule has 0 fully saturated rings. The van der Waals surface area contributed by atoms with Gasteiger partial charge in [0, 0.05) is 44.6 Å². The van der Waals surface area contributed by atoms with Gasteiger partial charge in [-0.1, -0.05) is 71.2 Å². The molecule has 6 heteroatoms. The van der Waals surface area contributed by atoms with Crippen molar-refractivity contribution >= 4 is 52.2 Å². The van der Waals surface area contributed by atoms with E-state index in [0.29, 0.717) is 5.02 Å². The molecule has 0 unspecified atom stereocenters. The van der Waals surface area contributed by atoms with Crippen LogP contribution in [-0.2, 0) is 12.8 Å². The maximum Gasteiger partial charge on any atom is 0.0878 e.